The molecular weight excluding hydrogens is 620 g/mol. The molecule has 20 nitrogen and oxygen atoms in total. The van der Waals surface area contributed by atoms with Crippen molar-refractivity contribution in [2.75, 3.05) is 26.4 Å². The van der Waals surface area contributed by atoms with Crippen LogP contribution >= 0.6 is 0 Å². The lowest BCUT2D eigenvalue weighted by atomic mass is 9.96. The first-order valence-electron chi connectivity index (χ1n) is 14.4. The molecule has 3 fully saturated rings. The van der Waals surface area contributed by atoms with Crippen molar-refractivity contribution in [1.82, 2.24) is 0 Å². The summed E-state index contributed by atoms with van der Waals surface area (Å²) in [5.41, 5.74) is 0. The lowest BCUT2D eigenvalue weighted by Crippen LogP contribution is -2.67. The molecule has 0 amide bonds. The molecule has 3 rings (SSSR count). The van der Waals surface area contributed by atoms with Gasteiger partial charge in [-0.3, -0.25) is 0 Å². The second-order valence-electron chi connectivity index (χ2n) is 11.1. The quantitative estimate of drug-likeness (QED) is 0.0818. The Balaban J connectivity index is 1.78. The first-order valence-corrected chi connectivity index (χ1v) is 14.4. The van der Waals surface area contributed by atoms with Crippen molar-refractivity contribution in [2.24, 2.45) is 0 Å². The molecule has 20 heteroatoms. The van der Waals surface area contributed by atoms with Crippen LogP contribution in [0.25, 0.3) is 0 Å². The smallest absolute Gasteiger partial charge is 0.187 e. The highest BCUT2D eigenvalue weighted by Gasteiger charge is 2.54. The van der Waals surface area contributed by atoms with Crippen LogP contribution in [-0.2, 0) is 28.4 Å². The number of rotatable bonds is 14. The highest BCUT2D eigenvalue weighted by atomic mass is 16.8. The third kappa shape index (κ3) is 8.44. The molecule has 3 aliphatic rings. The van der Waals surface area contributed by atoms with E-state index in [2.05, 4.69) is 0 Å². The fourth-order valence-corrected chi connectivity index (χ4v) is 5.27. The molecule has 45 heavy (non-hydrogen) atoms. The van der Waals surface area contributed by atoms with Crippen LogP contribution < -0.4 is 0 Å². The van der Waals surface area contributed by atoms with Crippen LogP contribution in [0, 0.1) is 0 Å². The Hall–Kier alpha value is -0.800. The Morgan fingerprint density at radius 1 is 0.533 bits per heavy atom. The van der Waals surface area contributed by atoms with Gasteiger partial charge in [0, 0.05) is 0 Å². The summed E-state index contributed by atoms with van der Waals surface area (Å²) in [4.78, 5) is 0. The molecule has 8 unspecified atom stereocenters. The van der Waals surface area contributed by atoms with Crippen molar-refractivity contribution in [2.45, 2.75) is 130 Å². The van der Waals surface area contributed by atoms with E-state index in [-0.39, 0.29) is 6.42 Å². The topological polar surface area (TPSA) is 339 Å². The molecule has 0 aromatic rings. The van der Waals surface area contributed by atoms with E-state index in [0.29, 0.717) is 0 Å². The SMILES string of the molecule is CCC(O)[C@@H](O)[C@H](O[C@@H]1OC(CO)[C@H](O)[C@H](O[C@@H]2OC(CO)[C@@H](O[C@@H]3OC(CO)[C@H](O)[C@H](O)C3O)[C@H](O)C2O)C1O)C(O)CO. The van der Waals surface area contributed by atoms with E-state index in [1.54, 1.807) is 0 Å². The minimum Gasteiger partial charge on any atom is -0.394 e. The number of hydrogen-bond acceptors (Lipinski definition) is 20. The van der Waals surface area contributed by atoms with Gasteiger partial charge in [0.2, 0.25) is 0 Å². The zero-order valence-electron chi connectivity index (χ0n) is 24.2. The van der Waals surface area contributed by atoms with Crippen LogP contribution in [-0.4, -0.2) is 214 Å². The van der Waals surface area contributed by atoms with E-state index in [1.165, 1.54) is 6.92 Å². The minimum absolute atomic E-state index is 0.00329. The first kappa shape index (κ1) is 38.6. The predicted octanol–water partition coefficient (Wildman–Crippen LogP) is -8.70. The van der Waals surface area contributed by atoms with Crippen molar-refractivity contribution in [3.05, 3.63) is 0 Å². The molecule has 0 radical (unpaired) electrons. The van der Waals surface area contributed by atoms with Crippen molar-refractivity contribution in [1.29, 1.82) is 0 Å². The molecule has 0 aromatic carbocycles. The van der Waals surface area contributed by atoms with Gasteiger partial charge in [-0.05, 0) is 6.42 Å². The van der Waals surface area contributed by atoms with Gasteiger partial charge in [0.25, 0.3) is 0 Å². The van der Waals surface area contributed by atoms with Crippen molar-refractivity contribution in [3.63, 3.8) is 0 Å². The van der Waals surface area contributed by atoms with E-state index in [4.69, 9.17) is 28.4 Å². The summed E-state index contributed by atoms with van der Waals surface area (Å²) < 4.78 is 32.6. The Labute approximate surface area is 256 Å². The average Bonchev–Trinajstić information content (AvgIpc) is 3.04. The lowest BCUT2D eigenvalue weighted by Gasteiger charge is -2.48. The molecule has 3 saturated heterocycles. The summed E-state index contributed by atoms with van der Waals surface area (Å²) in [6.07, 6.45) is -33.7. The maximum absolute atomic E-state index is 11.0. The summed E-state index contributed by atoms with van der Waals surface area (Å²) in [6, 6.07) is 0. The highest BCUT2D eigenvalue weighted by molar-refractivity contribution is 4.97. The van der Waals surface area contributed by atoms with Gasteiger partial charge in [0.05, 0.1) is 32.5 Å². The van der Waals surface area contributed by atoms with Gasteiger partial charge in [0.1, 0.15) is 91.6 Å². The summed E-state index contributed by atoms with van der Waals surface area (Å²) >= 11 is 0. The Morgan fingerprint density at radius 2 is 1.02 bits per heavy atom. The fraction of sp³-hybridized carbons (Fsp3) is 1.00. The molecule has 19 atom stereocenters. The van der Waals surface area contributed by atoms with Crippen LogP contribution in [0.5, 0.6) is 0 Å². The second-order valence-corrected chi connectivity index (χ2v) is 11.1. The molecule has 0 aromatic heterocycles. The zero-order chi connectivity index (χ0) is 33.7. The van der Waals surface area contributed by atoms with E-state index < -0.39 is 143 Å². The van der Waals surface area contributed by atoms with Gasteiger partial charge in [-0.2, -0.15) is 0 Å². The molecule has 0 saturated carbocycles. The van der Waals surface area contributed by atoms with Gasteiger partial charge >= 0.3 is 0 Å². The Kier molecular flexibility index (Phi) is 14.6. The monoisotopic (exact) mass is 666 g/mol. The molecule has 0 spiro atoms. The van der Waals surface area contributed by atoms with Gasteiger partial charge < -0.3 is 99.9 Å². The Morgan fingerprint density at radius 3 is 1.56 bits per heavy atom. The summed E-state index contributed by atoms with van der Waals surface area (Å²) in [5.74, 6) is 0. The molecule has 0 aliphatic carbocycles. The largest absolute Gasteiger partial charge is 0.394 e. The number of aliphatic hydroxyl groups is 14. The number of ether oxygens (including phenoxy) is 6. The molecule has 3 aliphatic heterocycles. The van der Waals surface area contributed by atoms with E-state index >= 15 is 0 Å². The van der Waals surface area contributed by atoms with Crippen molar-refractivity contribution >= 4 is 0 Å². The predicted molar refractivity (Wildman–Crippen MR) is 139 cm³/mol. The zero-order valence-corrected chi connectivity index (χ0v) is 24.2. The normalized spacial score (nSPS) is 45.5. The van der Waals surface area contributed by atoms with Crippen LogP contribution in [0.2, 0.25) is 0 Å². The summed E-state index contributed by atoms with van der Waals surface area (Å²) in [7, 11) is 0. The molecule has 266 valence electrons. The molecular formula is C25H46O20. The van der Waals surface area contributed by atoms with Gasteiger partial charge in [0.15, 0.2) is 18.9 Å². The van der Waals surface area contributed by atoms with Gasteiger partial charge in [-0.25, -0.2) is 0 Å². The van der Waals surface area contributed by atoms with Gasteiger partial charge in [-0.1, -0.05) is 6.92 Å². The number of hydrogen-bond donors (Lipinski definition) is 14. The van der Waals surface area contributed by atoms with Crippen LogP contribution in [0.4, 0.5) is 0 Å². The fourth-order valence-electron chi connectivity index (χ4n) is 5.27. The average molecular weight is 667 g/mol. The van der Waals surface area contributed by atoms with E-state index in [9.17, 15) is 71.5 Å². The third-order valence-corrected chi connectivity index (χ3v) is 8.08. The second kappa shape index (κ2) is 17.0. The Bertz CT molecular complexity index is 868. The van der Waals surface area contributed by atoms with Crippen LogP contribution in [0.3, 0.4) is 0 Å². The van der Waals surface area contributed by atoms with E-state index in [1.807, 2.05) is 0 Å². The standard InChI is InChI=1S/C25H46O20/c1-2-7(30)12(32)20(8(31)3-26)43-25-19(39)22(14(34)10(5-28)41-25)45-24-18(38)16(36)21(11(6-29)42-24)44-23-17(37)15(35)13(33)9(4-27)40-23/h7-39H,2-6H2,1H3/t7?,8?,9?,10?,11?,12-,13+,14+,15+,16-,17?,18?,19?,20-,21-,22+,23+,24+,25+/m1/s1. The van der Waals surface area contributed by atoms with E-state index in [0.717, 1.165) is 0 Å². The maximum Gasteiger partial charge on any atom is 0.187 e. The maximum atomic E-state index is 11.0. The number of aliphatic hydroxyl groups excluding tert-OH is 14. The van der Waals surface area contributed by atoms with Crippen LogP contribution in [0.1, 0.15) is 13.3 Å². The highest BCUT2D eigenvalue weighted by Crippen LogP contribution is 2.33. The van der Waals surface area contributed by atoms with Gasteiger partial charge in [-0.15, -0.1) is 0 Å². The lowest BCUT2D eigenvalue weighted by molar-refractivity contribution is -0.383. The molecule has 3 heterocycles. The first-order chi connectivity index (χ1) is 21.2. The molecule has 14 N–H and O–H groups in total. The van der Waals surface area contributed by atoms with Crippen LogP contribution in [0.15, 0.2) is 0 Å². The van der Waals surface area contributed by atoms with Crippen molar-refractivity contribution < 1.29 is 99.9 Å². The minimum atomic E-state index is -2.05. The van der Waals surface area contributed by atoms with Crippen molar-refractivity contribution in [3.8, 4) is 0 Å². The third-order valence-electron chi connectivity index (χ3n) is 8.08. The summed E-state index contributed by atoms with van der Waals surface area (Å²) in [6.45, 7) is -2.02. The summed E-state index contributed by atoms with van der Waals surface area (Å²) in [5, 5.41) is 143. The molecule has 0 bridgehead atoms.